The van der Waals surface area contributed by atoms with Crippen LogP contribution in [0.4, 0.5) is 4.39 Å². The van der Waals surface area contributed by atoms with Crippen molar-refractivity contribution in [1.29, 1.82) is 0 Å². The van der Waals surface area contributed by atoms with Crippen molar-refractivity contribution in [2.75, 3.05) is 13.2 Å². The van der Waals surface area contributed by atoms with Crippen LogP contribution < -0.4 is 0 Å². The molecule has 2 unspecified atom stereocenters. The van der Waals surface area contributed by atoms with Crippen molar-refractivity contribution in [2.45, 2.75) is 32.5 Å². The first-order valence-electron chi connectivity index (χ1n) is 5.62. The standard InChI is InChI=1S/C12H17FN2O/c1-9-8-16-10(2)6-15(9)7-11-4-3-5-14-12(11)13/h3-5,9-10H,6-8H2,1-2H3. The molecule has 4 heteroatoms. The fourth-order valence-corrected chi connectivity index (χ4v) is 1.95. The van der Waals surface area contributed by atoms with E-state index < -0.39 is 0 Å². The number of hydrogen-bond acceptors (Lipinski definition) is 3. The van der Waals surface area contributed by atoms with Gasteiger partial charge in [0.05, 0.1) is 12.7 Å². The first-order chi connectivity index (χ1) is 7.66. The van der Waals surface area contributed by atoms with Gasteiger partial charge in [-0.3, -0.25) is 4.90 Å². The zero-order valence-corrected chi connectivity index (χ0v) is 9.69. The van der Waals surface area contributed by atoms with E-state index in [0.717, 1.165) is 6.54 Å². The monoisotopic (exact) mass is 224 g/mol. The van der Waals surface area contributed by atoms with Crippen molar-refractivity contribution in [3.8, 4) is 0 Å². The molecular weight excluding hydrogens is 207 g/mol. The molecule has 2 rings (SSSR count). The SMILES string of the molecule is CC1CN(Cc2cccnc2F)C(C)CO1. The Bertz CT molecular complexity index is 359. The Hall–Kier alpha value is -1.00. The number of halogens is 1. The van der Waals surface area contributed by atoms with Crippen LogP contribution in [0.15, 0.2) is 18.3 Å². The Kier molecular flexibility index (Phi) is 3.51. The Balaban J connectivity index is 2.06. The van der Waals surface area contributed by atoms with E-state index in [1.165, 1.54) is 6.20 Å². The van der Waals surface area contributed by atoms with Crippen LogP contribution in [-0.4, -0.2) is 35.2 Å². The lowest BCUT2D eigenvalue weighted by Gasteiger charge is -2.36. The van der Waals surface area contributed by atoms with E-state index in [-0.39, 0.29) is 12.1 Å². The maximum atomic E-state index is 13.4. The molecule has 2 atom stereocenters. The topological polar surface area (TPSA) is 25.4 Å². The average Bonchev–Trinajstić information content (AvgIpc) is 2.27. The molecule has 2 heterocycles. The predicted molar refractivity (Wildman–Crippen MR) is 59.5 cm³/mol. The molecule has 0 aliphatic carbocycles. The summed E-state index contributed by atoms with van der Waals surface area (Å²) in [6.45, 7) is 6.30. The van der Waals surface area contributed by atoms with Crippen LogP contribution in [0.3, 0.4) is 0 Å². The molecule has 16 heavy (non-hydrogen) atoms. The Morgan fingerprint density at radius 3 is 3.12 bits per heavy atom. The summed E-state index contributed by atoms with van der Waals surface area (Å²) < 4.78 is 18.9. The number of pyridine rings is 1. The van der Waals surface area contributed by atoms with Crippen molar-refractivity contribution in [2.24, 2.45) is 0 Å². The maximum Gasteiger partial charge on any atom is 0.217 e. The molecule has 1 fully saturated rings. The summed E-state index contributed by atoms with van der Waals surface area (Å²) in [5, 5.41) is 0. The second-order valence-corrected chi connectivity index (χ2v) is 4.38. The lowest BCUT2D eigenvalue weighted by Crippen LogP contribution is -2.46. The van der Waals surface area contributed by atoms with E-state index >= 15 is 0 Å². The van der Waals surface area contributed by atoms with Crippen LogP contribution in [0.2, 0.25) is 0 Å². The van der Waals surface area contributed by atoms with Gasteiger partial charge in [-0.25, -0.2) is 4.98 Å². The van der Waals surface area contributed by atoms with Gasteiger partial charge in [-0.2, -0.15) is 4.39 Å². The van der Waals surface area contributed by atoms with Crippen molar-refractivity contribution < 1.29 is 9.13 Å². The lowest BCUT2D eigenvalue weighted by molar-refractivity contribution is -0.0530. The minimum Gasteiger partial charge on any atom is -0.376 e. The second-order valence-electron chi connectivity index (χ2n) is 4.38. The summed E-state index contributed by atoms with van der Waals surface area (Å²) in [6.07, 6.45) is 1.69. The van der Waals surface area contributed by atoms with Crippen molar-refractivity contribution in [1.82, 2.24) is 9.88 Å². The molecule has 0 aromatic carbocycles. The Labute approximate surface area is 95.2 Å². The molecule has 1 aromatic rings. The van der Waals surface area contributed by atoms with Gasteiger partial charge in [-0.15, -0.1) is 0 Å². The van der Waals surface area contributed by atoms with Crippen LogP contribution in [0.25, 0.3) is 0 Å². The third kappa shape index (κ3) is 2.57. The van der Waals surface area contributed by atoms with E-state index in [0.29, 0.717) is 24.8 Å². The zero-order chi connectivity index (χ0) is 11.5. The highest BCUT2D eigenvalue weighted by Crippen LogP contribution is 2.16. The van der Waals surface area contributed by atoms with Crippen molar-refractivity contribution >= 4 is 0 Å². The average molecular weight is 224 g/mol. The fourth-order valence-electron chi connectivity index (χ4n) is 1.95. The number of nitrogens with zero attached hydrogens (tertiary/aromatic N) is 2. The van der Waals surface area contributed by atoms with Crippen molar-refractivity contribution in [3.05, 3.63) is 29.8 Å². The minimum atomic E-state index is -0.367. The van der Waals surface area contributed by atoms with E-state index in [9.17, 15) is 4.39 Å². The normalized spacial score (nSPS) is 26.9. The van der Waals surface area contributed by atoms with E-state index in [1.807, 2.05) is 6.92 Å². The lowest BCUT2D eigenvalue weighted by atomic mass is 10.1. The van der Waals surface area contributed by atoms with Gasteiger partial charge in [0, 0.05) is 30.9 Å². The summed E-state index contributed by atoms with van der Waals surface area (Å²) in [6, 6.07) is 3.89. The van der Waals surface area contributed by atoms with E-state index in [1.54, 1.807) is 12.1 Å². The van der Waals surface area contributed by atoms with Gasteiger partial charge < -0.3 is 4.74 Å². The number of morpholine rings is 1. The van der Waals surface area contributed by atoms with Gasteiger partial charge in [0.25, 0.3) is 0 Å². The van der Waals surface area contributed by atoms with E-state index in [2.05, 4.69) is 16.8 Å². The highest BCUT2D eigenvalue weighted by molar-refractivity contribution is 5.10. The molecule has 0 N–H and O–H groups in total. The van der Waals surface area contributed by atoms with Crippen molar-refractivity contribution in [3.63, 3.8) is 0 Å². The number of ether oxygens (including phenoxy) is 1. The van der Waals surface area contributed by atoms with Gasteiger partial charge in [-0.05, 0) is 19.9 Å². The first kappa shape index (κ1) is 11.5. The molecule has 0 amide bonds. The summed E-state index contributed by atoms with van der Waals surface area (Å²) in [5.74, 6) is -0.367. The molecule has 0 bridgehead atoms. The van der Waals surface area contributed by atoms with Gasteiger partial charge in [0.15, 0.2) is 0 Å². The summed E-state index contributed by atoms with van der Waals surface area (Å²) in [4.78, 5) is 5.89. The van der Waals surface area contributed by atoms with Gasteiger partial charge in [-0.1, -0.05) is 6.07 Å². The molecule has 1 aromatic heterocycles. The van der Waals surface area contributed by atoms with Crippen LogP contribution in [-0.2, 0) is 11.3 Å². The highest BCUT2D eigenvalue weighted by atomic mass is 19.1. The van der Waals surface area contributed by atoms with Gasteiger partial charge in [0.2, 0.25) is 5.95 Å². The molecule has 0 radical (unpaired) electrons. The van der Waals surface area contributed by atoms with Gasteiger partial charge in [0.1, 0.15) is 0 Å². The number of rotatable bonds is 2. The summed E-state index contributed by atoms with van der Waals surface area (Å²) in [7, 11) is 0. The zero-order valence-electron chi connectivity index (χ0n) is 9.69. The molecule has 0 spiro atoms. The third-order valence-corrected chi connectivity index (χ3v) is 2.95. The van der Waals surface area contributed by atoms with Crippen LogP contribution in [0.5, 0.6) is 0 Å². The predicted octanol–water partition coefficient (Wildman–Crippen LogP) is 1.83. The minimum absolute atomic E-state index is 0.218. The second kappa shape index (κ2) is 4.89. The van der Waals surface area contributed by atoms with Crippen LogP contribution in [0.1, 0.15) is 19.4 Å². The first-order valence-corrected chi connectivity index (χ1v) is 5.62. The molecule has 1 aliphatic heterocycles. The quantitative estimate of drug-likeness (QED) is 0.717. The van der Waals surface area contributed by atoms with E-state index in [4.69, 9.17) is 4.74 Å². The Morgan fingerprint density at radius 1 is 1.56 bits per heavy atom. The number of aromatic nitrogens is 1. The smallest absolute Gasteiger partial charge is 0.217 e. The fraction of sp³-hybridized carbons (Fsp3) is 0.583. The third-order valence-electron chi connectivity index (χ3n) is 2.95. The highest BCUT2D eigenvalue weighted by Gasteiger charge is 2.24. The molecule has 0 saturated carbocycles. The molecule has 3 nitrogen and oxygen atoms in total. The summed E-state index contributed by atoms with van der Waals surface area (Å²) >= 11 is 0. The Morgan fingerprint density at radius 2 is 2.38 bits per heavy atom. The summed E-state index contributed by atoms with van der Waals surface area (Å²) in [5.41, 5.74) is 0.656. The van der Waals surface area contributed by atoms with Gasteiger partial charge >= 0.3 is 0 Å². The largest absolute Gasteiger partial charge is 0.376 e. The number of hydrogen-bond donors (Lipinski definition) is 0. The van der Waals surface area contributed by atoms with Crippen LogP contribution >= 0.6 is 0 Å². The molecule has 88 valence electrons. The van der Waals surface area contributed by atoms with Crippen LogP contribution in [0, 0.1) is 5.95 Å². The molecule has 1 saturated heterocycles. The molecule has 1 aliphatic rings. The molecular formula is C12H17FN2O. The maximum absolute atomic E-state index is 13.4.